The fourth-order valence-corrected chi connectivity index (χ4v) is 2.76. The molecule has 120 valence electrons. The minimum Gasteiger partial charge on any atom is -0.454 e. The van der Waals surface area contributed by atoms with Crippen LogP contribution in [0.5, 0.6) is 11.5 Å². The SMILES string of the molecule is CCN(Cc1ccc2c(c1)OCO2)C(=O)Cc1ccccc1Cl. The van der Waals surface area contributed by atoms with Crippen LogP contribution in [0, 0.1) is 0 Å². The lowest BCUT2D eigenvalue weighted by Gasteiger charge is -2.21. The minimum atomic E-state index is 0.0540. The van der Waals surface area contributed by atoms with Gasteiger partial charge in [-0.1, -0.05) is 35.9 Å². The van der Waals surface area contributed by atoms with Crippen LogP contribution in [-0.4, -0.2) is 24.1 Å². The highest BCUT2D eigenvalue weighted by Crippen LogP contribution is 2.32. The van der Waals surface area contributed by atoms with Gasteiger partial charge in [0.2, 0.25) is 12.7 Å². The van der Waals surface area contributed by atoms with Crippen molar-refractivity contribution in [3.63, 3.8) is 0 Å². The molecule has 1 heterocycles. The van der Waals surface area contributed by atoms with E-state index in [1.54, 1.807) is 11.0 Å². The standard InChI is InChI=1S/C18H18ClNO3/c1-2-20(18(21)10-14-5-3-4-6-15(14)19)11-13-7-8-16-17(9-13)23-12-22-16/h3-9H,2,10-12H2,1H3. The lowest BCUT2D eigenvalue weighted by Crippen LogP contribution is -2.31. The van der Waals surface area contributed by atoms with Gasteiger partial charge in [-0.05, 0) is 36.2 Å². The smallest absolute Gasteiger partial charge is 0.231 e. The van der Waals surface area contributed by atoms with Crippen LogP contribution < -0.4 is 9.47 Å². The van der Waals surface area contributed by atoms with E-state index >= 15 is 0 Å². The number of ether oxygens (including phenoxy) is 2. The zero-order valence-corrected chi connectivity index (χ0v) is 13.7. The zero-order valence-electron chi connectivity index (χ0n) is 12.9. The fourth-order valence-electron chi connectivity index (χ4n) is 2.55. The van der Waals surface area contributed by atoms with Crippen LogP contribution in [0.3, 0.4) is 0 Å². The number of amides is 1. The first-order chi connectivity index (χ1) is 11.2. The van der Waals surface area contributed by atoms with Crippen molar-refractivity contribution in [2.45, 2.75) is 19.9 Å². The molecule has 5 heteroatoms. The number of hydrogen-bond acceptors (Lipinski definition) is 3. The Balaban J connectivity index is 1.70. The summed E-state index contributed by atoms with van der Waals surface area (Å²) in [5, 5.41) is 0.625. The summed E-state index contributed by atoms with van der Waals surface area (Å²) in [5.74, 6) is 1.54. The van der Waals surface area contributed by atoms with Crippen LogP contribution in [0.15, 0.2) is 42.5 Å². The van der Waals surface area contributed by atoms with Gasteiger partial charge in [0.25, 0.3) is 0 Å². The van der Waals surface area contributed by atoms with Crippen LogP contribution >= 0.6 is 11.6 Å². The van der Waals surface area contributed by atoms with Gasteiger partial charge in [-0.2, -0.15) is 0 Å². The highest BCUT2D eigenvalue weighted by Gasteiger charge is 2.17. The summed E-state index contributed by atoms with van der Waals surface area (Å²) < 4.78 is 10.7. The van der Waals surface area contributed by atoms with Gasteiger partial charge >= 0.3 is 0 Å². The monoisotopic (exact) mass is 331 g/mol. The van der Waals surface area contributed by atoms with E-state index in [2.05, 4.69) is 0 Å². The molecule has 2 aromatic rings. The van der Waals surface area contributed by atoms with E-state index in [-0.39, 0.29) is 12.7 Å². The molecule has 0 radical (unpaired) electrons. The van der Waals surface area contributed by atoms with Crippen molar-refractivity contribution in [1.82, 2.24) is 4.90 Å². The van der Waals surface area contributed by atoms with Crippen molar-refractivity contribution in [2.24, 2.45) is 0 Å². The number of rotatable bonds is 5. The largest absolute Gasteiger partial charge is 0.454 e. The van der Waals surface area contributed by atoms with E-state index in [1.165, 1.54) is 0 Å². The first-order valence-electron chi connectivity index (χ1n) is 7.57. The first kappa shape index (κ1) is 15.7. The maximum Gasteiger partial charge on any atom is 0.231 e. The number of carbonyl (C=O) groups is 1. The number of likely N-dealkylation sites (N-methyl/N-ethyl adjacent to an activating group) is 1. The van der Waals surface area contributed by atoms with E-state index in [9.17, 15) is 4.79 Å². The molecule has 1 aliphatic rings. The van der Waals surface area contributed by atoms with Gasteiger partial charge < -0.3 is 14.4 Å². The lowest BCUT2D eigenvalue weighted by molar-refractivity contribution is -0.130. The predicted octanol–water partition coefficient (Wildman–Crippen LogP) is 3.66. The number of halogens is 1. The van der Waals surface area contributed by atoms with Crippen molar-refractivity contribution in [3.8, 4) is 11.5 Å². The number of nitrogens with zero attached hydrogens (tertiary/aromatic N) is 1. The summed E-state index contributed by atoms with van der Waals surface area (Å²) >= 11 is 6.14. The minimum absolute atomic E-state index is 0.0540. The quantitative estimate of drug-likeness (QED) is 0.839. The van der Waals surface area contributed by atoms with Gasteiger partial charge in [0.1, 0.15) is 0 Å². The van der Waals surface area contributed by atoms with Crippen molar-refractivity contribution in [3.05, 3.63) is 58.6 Å². The first-order valence-corrected chi connectivity index (χ1v) is 7.95. The van der Waals surface area contributed by atoms with Gasteiger partial charge in [-0.15, -0.1) is 0 Å². The second-order valence-corrected chi connectivity index (χ2v) is 5.77. The fraction of sp³-hybridized carbons (Fsp3) is 0.278. The second kappa shape index (κ2) is 6.92. The Labute approximate surface area is 140 Å². The second-order valence-electron chi connectivity index (χ2n) is 5.36. The molecular weight excluding hydrogens is 314 g/mol. The molecule has 0 saturated carbocycles. The Kier molecular flexibility index (Phi) is 4.72. The molecule has 0 atom stereocenters. The van der Waals surface area contributed by atoms with E-state index in [4.69, 9.17) is 21.1 Å². The highest BCUT2D eigenvalue weighted by atomic mass is 35.5. The van der Waals surface area contributed by atoms with Gasteiger partial charge in [-0.3, -0.25) is 4.79 Å². The van der Waals surface area contributed by atoms with Crippen molar-refractivity contribution in [2.75, 3.05) is 13.3 Å². The zero-order chi connectivity index (χ0) is 16.2. The maximum absolute atomic E-state index is 12.5. The van der Waals surface area contributed by atoms with Crippen LogP contribution in [-0.2, 0) is 17.8 Å². The lowest BCUT2D eigenvalue weighted by atomic mass is 10.1. The summed E-state index contributed by atoms with van der Waals surface area (Å²) in [6.45, 7) is 3.40. The maximum atomic E-state index is 12.5. The van der Waals surface area contributed by atoms with E-state index in [0.29, 0.717) is 24.5 Å². The molecule has 0 aliphatic carbocycles. The number of carbonyl (C=O) groups excluding carboxylic acids is 1. The topological polar surface area (TPSA) is 38.8 Å². The number of hydrogen-bond donors (Lipinski definition) is 0. The molecule has 0 fully saturated rings. The average molecular weight is 332 g/mol. The third-order valence-electron chi connectivity index (χ3n) is 3.84. The summed E-state index contributed by atoms with van der Waals surface area (Å²) in [6.07, 6.45) is 0.304. The Morgan fingerprint density at radius 3 is 2.74 bits per heavy atom. The van der Waals surface area contributed by atoms with Crippen LogP contribution in [0.2, 0.25) is 5.02 Å². The Bertz CT molecular complexity index is 717. The number of fused-ring (bicyclic) bond motifs is 1. The Hall–Kier alpha value is -2.20. The molecule has 0 aromatic heterocycles. The molecule has 0 spiro atoms. The third kappa shape index (κ3) is 3.59. The molecule has 23 heavy (non-hydrogen) atoms. The van der Waals surface area contributed by atoms with Crippen LogP contribution in [0.25, 0.3) is 0 Å². The summed E-state index contributed by atoms with van der Waals surface area (Å²) in [4.78, 5) is 14.4. The van der Waals surface area contributed by atoms with E-state index < -0.39 is 0 Å². The van der Waals surface area contributed by atoms with Gasteiger partial charge in [-0.25, -0.2) is 0 Å². The van der Waals surface area contributed by atoms with Crippen LogP contribution in [0.1, 0.15) is 18.1 Å². The molecule has 4 nitrogen and oxygen atoms in total. The molecule has 1 amide bonds. The summed E-state index contributed by atoms with van der Waals surface area (Å²) in [6, 6.07) is 13.2. The molecule has 1 aliphatic heterocycles. The molecule has 0 saturated heterocycles. The van der Waals surface area contributed by atoms with Crippen molar-refractivity contribution >= 4 is 17.5 Å². The molecule has 3 rings (SSSR count). The molecule has 0 unspecified atom stereocenters. The van der Waals surface area contributed by atoms with E-state index in [0.717, 1.165) is 22.6 Å². The molecule has 0 N–H and O–H groups in total. The Morgan fingerprint density at radius 2 is 1.96 bits per heavy atom. The van der Waals surface area contributed by atoms with Gasteiger partial charge in [0.05, 0.1) is 6.42 Å². The normalized spacial score (nSPS) is 12.3. The molecule has 0 bridgehead atoms. The summed E-state index contributed by atoms with van der Waals surface area (Å²) in [5.41, 5.74) is 1.87. The molecular formula is C18H18ClNO3. The van der Waals surface area contributed by atoms with Crippen molar-refractivity contribution < 1.29 is 14.3 Å². The number of benzene rings is 2. The van der Waals surface area contributed by atoms with Crippen molar-refractivity contribution in [1.29, 1.82) is 0 Å². The van der Waals surface area contributed by atoms with Crippen LogP contribution in [0.4, 0.5) is 0 Å². The average Bonchev–Trinajstić information content (AvgIpc) is 3.02. The molecule has 2 aromatic carbocycles. The highest BCUT2D eigenvalue weighted by molar-refractivity contribution is 6.31. The summed E-state index contributed by atoms with van der Waals surface area (Å²) in [7, 11) is 0. The van der Waals surface area contributed by atoms with Gasteiger partial charge in [0.15, 0.2) is 11.5 Å². The van der Waals surface area contributed by atoms with E-state index in [1.807, 2.05) is 43.3 Å². The third-order valence-corrected chi connectivity index (χ3v) is 4.21. The predicted molar refractivity (Wildman–Crippen MR) is 88.8 cm³/mol. The Morgan fingerprint density at radius 1 is 1.17 bits per heavy atom. The van der Waals surface area contributed by atoms with Gasteiger partial charge in [0, 0.05) is 18.1 Å².